The fraction of sp³-hybridized carbons (Fsp3) is 0.478. The summed E-state index contributed by atoms with van der Waals surface area (Å²) in [6.07, 6.45) is 5.55. The first kappa shape index (κ1) is 20.6. The number of nitrogens with one attached hydrogen (secondary N) is 1. The molecule has 0 bridgehead atoms. The molecule has 7 nitrogen and oxygen atoms in total. The lowest BCUT2D eigenvalue weighted by Crippen LogP contribution is -2.44. The first-order valence-corrected chi connectivity index (χ1v) is 10.5. The molecule has 3 heterocycles. The van der Waals surface area contributed by atoms with Crippen LogP contribution >= 0.6 is 0 Å². The molecule has 1 aromatic carbocycles. The Morgan fingerprint density at radius 1 is 1.17 bits per heavy atom. The second-order valence-electron chi connectivity index (χ2n) is 8.11. The first-order valence-electron chi connectivity index (χ1n) is 10.5. The molecular formula is C23H28N2O5. The SMILES string of the molecule is COC(=O)c1ccc(CN2CCC3(CCC(CNC(=O)c4ccco4)O3)CC2)cc1. The second-order valence-corrected chi connectivity index (χ2v) is 8.11. The van der Waals surface area contributed by atoms with Crippen LogP contribution in [-0.2, 0) is 16.0 Å². The summed E-state index contributed by atoms with van der Waals surface area (Å²) in [6.45, 7) is 3.33. The van der Waals surface area contributed by atoms with Crippen LogP contribution in [0.2, 0.25) is 0 Å². The van der Waals surface area contributed by atoms with Crippen molar-refractivity contribution in [2.45, 2.75) is 43.9 Å². The highest BCUT2D eigenvalue weighted by Crippen LogP contribution is 2.39. The van der Waals surface area contributed by atoms with Gasteiger partial charge in [0.15, 0.2) is 5.76 Å². The van der Waals surface area contributed by atoms with Gasteiger partial charge >= 0.3 is 5.97 Å². The molecular weight excluding hydrogens is 384 g/mol. The van der Waals surface area contributed by atoms with Gasteiger partial charge in [0.05, 0.1) is 30.6 Å². The Morgan fingerprint density at radius 3 is 2.60 bits per heavy atom. The van der Waals surface area contributed by atoms with Gasteiger partial charge in [-0.2, -0.15) is 0 Å². The predicted octanol–water partition coefficient (Wildman–Crippen LogP) is 3.01. The molecule has 0 saturated carbocycles. The average molecular weight is 412 g/mol. The summed E-state index contributed by atoms with van der Waals surface area (Å²) in [5, 5.41) is 2.91. The Morgan fingerprint density at radius 2 is 1.93 bits per heavy atom. The Bertz CT molecular complexity index is 854. The number of likely N-dealkylation sites (tertiary alicyclic amines) is 1. The van der Waals surface area contributed by atoms with E-state index < -0.39 is 0 Å². The van der Waals surface area contributed by atoms with Gasteiger partial charge in [0.2, 0.25) is 0 Å². The Hall–Kier alpha value is -2.64. The van der Waals surface area contributed by atoms with Gasteiger partial charge in [0.1, 0.15) is 0 Å². The Balaban J connectivity index is 1.22. The molecule has 7 heteroatoms. The zero-order valence-corrected chi connectivity index (χ0v) is 17.3. The minimum atomic E-state index is -0.310. The number of furan rings is 1. The zero-order chi connectivity index (χ0) is 21.0. The van der Waals surface area contributed by atoms with E-state index in [1.165, 1.54) is 18.9 Å². The quantitative estimate of drug-likeness (QED) is 0.735. The van der Waals surface area contributed by atoms with Crippen molar-refractivity contribution < 1.29 is 23.5 Å². The molecule has 30 heavy (non-hydrogen) atoms. The van der Waals surface area contributed by atoms with Crippen LogP contribution in [-0.4, -0.2) is 55.2 Å². The summed E-state index contributed by atoms with van der Waals surface area (Å²) < 4.78 is 16.3. The predicted molar refractivity (Wildman–Crippen MR) is 110 cm³/mol. The average Bonchev–Trinajstić information content (AvgIpc) is 3.45. The highest BCUT2D eigenvalue weighted by Gasteiger charge is 2.42. The molecule has 1 unspecified atom stereocenters. The third-order valence-corrected chi connectivity index (χ3v) is 6.12. The monoisotopic (exact) mass is 412 g/mol. The number of rotatable bonds is 6. The third-order valence-electron chi connectivity index (χ3n) is 6.12. The maximum absolute atomic E-state index is 12.0. The van der Waals surface area contributed by atoms with Crippen LogP contribution in [0.3, 0.4) is 0 Å². The lowest BCUT2D eigenvalue weighted by Gasteiger charge is -2.39. The summed E-state index contributed by atoms with van der Waals surface area (Å²) in [7, 11) is 1.39. The van der Waals surface area contributed by atoms with Gasteiger partial charge in [-0.05, 0) is 55.5 Å². The van der Waals surface area contributed by atoms with E-state index in [0.29, 0.717) is 17.9 Å². The summed E-state index contributed by atoms with van der Waals surface area (Å²) in [5.41, 5.74) is 1.69. The number of carbonyl (C=O) groups excluding carboxylic acids is 2. The number of carbonyl (C=O) groups is 2. The van der Waals surface area contributed by atoms with Gasteiger partial charge in [-0.1, -0.05) is 12.1 Å². The molecule has 2 aliphatic rings. The lowest BCUT2D eigenvalue weighted by molar-refractivity contribution is -0.0764. The van der Waals surface area contributed by atoms with Crippen molar-refractivity contribution in [3.8, 4) is 0 Å². The van der Waals surface area contributed by atoms with Crippen LogP contribution in [0.5, 0.6) is 0 Å². The Labute approximate surface area is 176 Å². The number of hydrogen-bond donors (Lipinski definition) is 1. The fourth-order valence-corrected chi connectivity index (χ4v) is 4.35. The van der Waals surface area contributed by atoms with E-state index in [-0.39, 0.29) is 23.6 Å². The number of nitrogens with zero attached hydrogens (tertiary/aromatic N) is 1. The van der Waals surface area contributed by atoms with Crippen LogP contribution in [0.4, 0.5) is 0 Å². The maximum atomic E-state index is 12.0. The molecule has 1 aromatic heterocycles. The zero-order valence-electron chi connectivity index (χ0n) is 17.3. The van der Waals surface area contributed by atoms with Crippen LogP contribution in [0.25, 0.3) is 0 Å². The Kier molecular flexibility index (Phi) is 6.20. The van der Waals surface area contributed by atoms with Crippen LogP contribution in [0, 0.1) is 0 Å². The molecule has 4 rings (SSSR count). The number of hydrogen-bond acceptors (Lipinski definition) is 6. The minimum absolute atomic E-state index is 0.0568. The number of piperidine rings is 1. The van der Waals surface area contributed by atoms with Gasteiger partial charge < -0.3 is 19.2 Å². The molecule has 0 aliphatic carbocycles. The maximum Gasteiger partial charge on any atom is 0.337 e. The van der Waals surface area contributed by atoms with Crippen LogP contribution in [0.1, 0.15) is 52.2 Å². The molecule has 0 radical (unpaired) electrons. The first-order chi connectivity index (χ1) is 14.6. The van der Waals surface area contributed by atoms with Crippen LogP contribution in [0.15, 0.2) is 47.1 Å². The van der Waals surface area contributed by atoms with E-state index in [1.54, 1.807) is 12.1 Å². The van der Waals surface area contributed by atoms with E-state index >= 15 is 0 Å². The summed E-state index contributed by atoms with van der Waals surface area (Å²) in [5.74, 6) is -0.178. The van der Waals surface area contributed by atoms with Crippen LogP contribution < -0.4 is 5.32 Å². The molecule has 160 valence electrons. The molecule has 1 spiro atoms. The second kappa shape index (κ2) is 9.02. The van der Waals surface area contributed by atoms with Gasteiger partial charge in [-0.3, -0.25) is 9.69 Å². The summed E-state index contributed by atoms with van der Waals surface area (Å²) in [4.78, 5) is 26.0. The van der Waals surface area contributed by atoms with Crippen molar-refractivity contribution in [1.82, 2.24) is 10.2 Å². The number of benzene rings is 1. The summed E-state index contributed by atoms with van der Waals surface area (Å²) >= 11 is 0. The van der Waals surface area contributed by atoms with Gasteiger partial charge in [0, 0.05) is 26.2 Å². The van der Waals surface area contributed by atoms with Crippen molar-refractivity contribution in [3.05, 3.63) is 59.5 Å². The van der Waals surface area contributed by atoms with Crippen molar-refractivity contribution >= 4 is 11.9 Å². The largest absolute Gasteiger partial charge is 0.465 e. The normalized spacial score (nSPS) is 20.9. The molecule has 1 N–H and O–H groups in total. The van der Waals surface area contributed by atoms with E-state index in [4.69, 9.17) is 13.9 Å². The molecule has 1 amide bonds. The fourth-order valence-electron chi connectivity index (χ4n) is 4.35. The minimum Gasteiger partial charge on any atom is -0.465 e. The highest BCUT2D eigenvalue weighted by atomic mass is 16.5. The molecule has 1 atom stereocenters. The highest BCUT2D eigenvalue weighted by molar-refractivity contribution is 5.91. The van der Waals surface area contributed by atoms with E-state index in [0.717, 1.165) is 45.3 Å². The van der Waals surface area contributed by atoms with Crippen molar-refractivity contribution in [2.75, 3.05) is 26.7 Å². The lowest BCUT2D eigenvalue weighted by atomic mass is 9.88. The molecule has 2 aliphatic heterocycles. The molecule has 2 aromatic rings. The van der Waals surface area contributed by atoms with E-state index in [9.17, 15) is 9.59 Å². The van der Waals surface area contributed by atoms with Gasteiger partial charge in [-0.15, -0.1) is 0 Å². The molecule has 2 saturated heterocycles. The molecule has 2 fully saturated rings. The number of ether oxygens (including phenoxy) is 2. The van der Waals surface area contributed by atoms with Gasteiger partial charge in [0.25, 0.3) is 5.91 Å². The standard InChI is InChI=1S/C23H28N2O5/c1-28-22(27)18-6-4-17(5-7-18)16-25-12-10-23(11-13-25)9-8-19(30-23)15-24-21(26)20-3-2-14-29-20/h2-7,14,19H,8-13,15-16H2,1H3,(H,24,26). The van der Waals surface area contributed by atoms with Gasteiger partial charge in [-0.25, -0.2) is 4.79 Å². The number of methoxy groups -OCH3 is 1. The third kappa shape index (κ3) is 4.74. The smallest absolute Gasteiger partial charge is 0.337 e. The topological polar surface area (TPSA) is 81.0 Å². The number of amides is 1. The van der Waals surface area contributed by atoms with Crippen molar-refractivity contribution in [2.24, 2.45) is 0 Å². The summed E-state index contributed by atoms with van der Waals surface area (Å²) in [6, 6.07) is 11.0. The van der Waals surface area contributed by atoms with Crippen molar-refractivity contribution in [3.63, 3.8) is 0 Å². The van der Waals surface area contributed by atoms with E-state index in [2.05, 4.69) is 10.2 Å². The van der Waals surface area contributed by atoms with Crippen molar-refractivity contribution in [1.29, 1.82) is 0 Å². The number of esters is 1. The van der Waals surface area contributed by atoms with E-state index in [1.807, 2.05) is 24.3 Å².